The molecule has 6 nitrogen and oxygen atoms in total. The molecule has 0 aliphatic carbocycles. The molecule has 0 aliphatic rings. The second kappa shape index (κ2) is 4.81. The fourth-order valence-corrected chi connectivity index (χ4v) is 1.70. The molecule has 16 heavy (non-hydrogen) atoms. The molecule has 2 rings (SSSR count). The Kier molecular flexibility index (Phi) is 3.42. The van der Waals surface area contributed by atoms with Crippen LogP contribution in [0.15, 0.2) is 10.7 Å². The summed E-state index contributed by atoms with van der Waals surface area (Å²) in [5, 5.41) is 10.2. The number of aromatic amines is 2. The van der Waals surface area contributed by atoms with Gasteiger partial charge >= 0.3 is 0 Å². The van der Waals surface area contributed by atoms with Gasteiger partial charge in [0.2, 0.25) is 0 Å². The van der Waals surface area contributed by atoms with Crippen molar-refractivity contribution in [2.45, 2.75) is 6.61 Å². The monoisotopic (exact) mass is 301 g/mol. The first-order chi connectivity index (χ1) is 7.72. The molecule has 2 aromatic heterocycles. The predicted molar refractivity (Wildman–Crippen MR) is 63.2 cm³/mol. The molecule has 0 fully saturated rings. The SMILES string of the molecule is COCc1[nH]c(-c2cn[nH]n2)nc(=S)c1Br. The molecule has 0 bridgehead atoms. The van der Waals surface area contributed by atoms with Crippen molar-refractivity contribution in [3.05, 3.63) is 21.0 Å². The Morgan fingerprint density at radius 2 is 2.38 bits per heavy atom. The maximum absolute atomic E-state index is 5.12. The molecule has 0 radical (unpaired) electrons. The van der Waals surface area contributed by atoms with E-state index in [4.69, 9.17) is 17.0 Å². The van der Waals surface area contributed by atoms with E-state index in [1.54, 1.807) is 13.3 Å². The van der Waals surface area contributed by atoms with Crippen LogP contribution in [0.25, 0.3) is 11.5 Å². The summed E-state index contributed by atoms with van der Waals surface area (Å²) in [5.41, 5.74) is 1.43. The third kappa shape index (κ3) is 2.18. The molecule has 2 aromatic rings. The Morgan fingerprint density at radius 3 is 3.00 bits per heavy atom. The lowest BCUT2D eigenvalue weighted by atomic mass is 10.4. The second-order valence-corrected chi connectivity index (χ2v) is 4.15. The second-order valence-electron chi connectivity index (χ2n) is 2.97. The highest BCUT2D eigenvalue weighted by atomic mass is 79.9. The Labute approximate surface area is 105 Å². The summed E-state index contributed by atoms with van der Waals surface area (Å²) in [4.78, 5) is 7.28. The fourth-order valence-electron chi connectivity index (χ4n) is 1.19. The number of H-pyrrole nitrogens is 2. The Hall–Kier alpha value is -1.12. The largest absolute Gasteiger partial charge is 0.378 e. The first-order valence-corrected chi connectivity index (χ1v) is 5.56. The zero-order valence-electron chi connectivity index (χ0n) is 8.32. The lowest BCUT2D eigenvalue weighted by molar-refractivity contribution is 0.181. The van der Waals surface area contributed by atoms with E-state index in [0.29, 0.717) is 22.8 Å². The molecule has 0 spiro atoms. The van der Waals surface area contributed by atoms with Crippen LogP contribution in [0.3, 0.4) is 0 Å². The van der Waals surface area contributed by atoms with E-state index in [1.807, 2.05) is 0 Å². The van der Waals surface area contributed by atoms with E-state index in [2.05, 4.69) is 41.3 Å². The number of nitrogens with one attached hydrogen (secondary N) is 2. The van der Waals surface area contributed by atoms with E-state index in [-0.39, 0.29) is 0 Å². The maximum atomic E-state index is 5.12. The van der Waals surface area contributed by atoms with Gasteiger partial charge in [0.1, 0.15) is 10.3 Å². The van der Waals surface area contributed by atoms with Gasteiger partial charge in [0.15, 0.2) is 5.82 Å². The molecular formula is C8H8BrN5OS. The van der Waals surface area contributed by atoms with Crippen LogP contribution >= 0.6 is 28.1 Å². The molecule has 0 saturated heterocycles. The van der Waals surface area contributed by atoms with Gasteiger partial charge in [-0.05, 0) is 15.9 Å². The molecule has 0 atom stereocenters. The van der Waals surface area contributed by atoms with Crippen LogP contribution in [0.5, 0.6) is 0 Å². The Balaban J connectivity index is 2.53. The average molecular weight is 302 g/mol. The van der Waals surface area contributed by atoms with Gasteiger partial charge in [0.25, 0.3) is 0 Å². The quantitative estimate of drug-likeness (QED) is 0.846. The van der Waals surface area contributed by atoms with Crippen LogP contribution in [0, 0.1) is 4.64 Å². The van der Waals surface area contributed by atoms with Crippen molar-refractivity contribution < 1.29 is 4.74 Å². The predicted octanol–water partition coefficient (Wildman–Crippen LogP) is 1.83. The molecule has 0 amide bonds. The normalized spacial score (nSPS) is 10.6. The van der Waals surface area contributed by atoms with Crippen molar-refractivity contribution in [1.29, 1.82) is 0 Å². The van der Waals surface area contributed by atoms with Crippen LogP contribution in [0.4, 0.5) is 0 Å². The van der Waals surface area contributed by atoms with E-state index in [1.165, 1.54) is 0 Å². The maximum Gasteiger partial charge on any atom is 0.161 e. The fraction of sp³-hybridized carbons (Fsp3) is 0.250. The third-order valence-electron chi connectivity index (χ3n) is 1.88. The summed E-state index contributed by atoms with van der Waals surface area (Å²) in [7, 11) is 1.61. The van der Waals surface area contributed by atoms with Gasteiger partial charge in [0, 0.05) is 7.11 Å². The summed E-state index contributed by atoms with van der Waals surface area (Å²) in [6.45, 7) is 0.414. The molecule has 8 heteroatoms. The number of ether oxygens (including phenoxy) is 1. The number of hydrogen-bond acceptors (Lipinski definition) is 5. The van der Waals surface area contributed by atoms with Gasteiger partial charge in [0.05, 0.1) is 23.0 Å². The van der Waals surface area contributed by atoms with Gasteiger partial charge in [-0.25, -0.2) is 4.98 Å². The van der Waals surface area contributed by atoms with Gasteiger partial charge in [-0.3, -0.25) is 0 Å². The summed E-state index contributed by atoms with van der Waals surface area (Å²) >= 11 is 8.48. The summed E-state index contributed by atoms with van der Waals surface area (Å²) in [6, 6.07) is 0. The Morgan fingerprint density at radius 1 is 1.56 bits per heavy atom. The number of hydrogen-bond donors (Lipinski definition) is 2. The number of aromatic nitrogens is 5. The van der Waals surface area contributed by atoms with Crippen LogP contribution in [0.2, 0.25) is 0 Å². The van der Waals surface area contributed by atoms with Crippen LogP contribution in [-0.4, -0.2) is 32.5 Å². The first kappa shape index (κ1) is 11.4. The highest BCUT2D eigenvalue weighted by molar-refractivity contribution is 9.10. The van der Waals surface area contributed by atoms with Crippen molar-refractivity contribution >= 4 is 28.1 Å². The van der Waals surface area contributed by atoms with Gasteiger partial charge in [-0.2, -0.15) is 15.4 Å². The zero-order valence-corrected chi connectivity index (χ0v) is 10.7. The van der Waals surface area contributed by atoms with Crippen LogP contribution in [0.1, 0.15) is 5.69 Å². The molecule has 84 valence electrons. The van der Waals surface area contributed by atoms with E-state index in [0.717, 1.165) is 10.2 Å². The van der Waals surface area contributed by atoms with Crippen molar-refractivity contribution in [3.63, 3.8) is 0 Å². The molecule has 2 heterocycles. The minimum atomic E-state index is 0.414. The van der Waals surface area contributed by atoms with Crippen molar-refractivity contribution in [1.82, 2.24) is 25.4 Å². The molecule has 0 aliphatic heterocycles. The summed E-state index contributed by atoms with van der Waals surface area (Å²) < 4.78 is 6.25. The van der Waals surface area contributed by atoms with Gasteiger partial charge in [-0.1, -0.05) is 12.2 Å². The molecule has 0 unspecified atom stereocenters. The highest BCUT2D eigenvalue weighted by Gasteiger charge is 2.09. The van der Waals surface area contributed by atoms with Crippen LogP contribution < -0.4 is 0 Å². The third-order valence-corrected chi connectivity index (χ3v) is 3.29. The van der Waals surface area contributed by atoms with E-state index >= 15 is 0 Å². The summed E-state index contributed by atoms with van der Waals surface area (Å²) in [5.74, 6) is 0.564. The smallest absolute Gasteiger partial charge is 0.161 e. The Bertz CT molecular complexity index is 538. The molecule has 0 aromatic carbocycles. The lowest BCUT2D eigenvalue weighted by Crippen LogP contribution is -2.00. The number of halogens is 1. The van der Waals surface area contributed by atoms with E-state index in [9.17, 15) is 0 Å². The highest BCUT2D eigenvalue weighted by Crippen LogP contribution is 2.19. The number of rotatable bonds is 3. The minimum absolute atomic E-state index is 0.414. The average Bonchev–Trinajstić information content (AvgIpc) is 2.78. The molecular weight excluding hydrogens is 294 g/mol. The van der Waals surface area contributed by atoms with Crippen molar-refractivity contribution in [2.75, 3.05) is 7.11 Å². The number of methoxy groups -OCH3 is 1. The van der Waals surface area contributed by atoms with Crippen molar-refractivity contribution in [3.8, 4) is 11.5 Å². The van der Waals surface area contributed by atoms with Crippen molar-refractivity contribution in [2.24, 2.45) is 0 Å². The summed E-state index contributed by atoms with van der Waals surface area (Å²) in [6.07, 6.45) is 1.57. The van der Waals surface area contributed by atoms with Gasteiger partial charge in [-0.15, -0.1) is 0 Å². The zero-order chi connectivity index (χ0) is 11.5. The van der Waals surface area contributed by atoms with Gasteiger partial charge < -0.3 is 9.72 Å². The van der Waals surface area contributed by atoms with Crippen LogP contribution in [-0.2, 0) is 11.3 Å². The molecule has 2 N–H and O–H groups in total. The topological polar surface area (TPSA) is 79.5 Å². The minimum Gasteiger partial charge on any atom is -0.378 e. The lowest BCUT2D eigenvalue weighted by Gasteiger charge is -2.05. The number of nitrogens with zero attached hydrogens (tertiary/aromatic N) is 3. The standard InChI is InChI=1S/C8H8BrN5OS/c1-15-3-5-6(9)8(16)12-7(11-5)4-2-10-14-13-4/h2H,3H2,1H3,(H,10,13,14)(H,11,12,16). The first-order valence-electron chi connectivity index (χ1n) is 4.36. The molecule has 0 saturated carbocycles. The van der Waals surface area contributed by atoms with E-state index < -0.39 is 0 Å².